The van der Waals surface area contributed by atoms with Crippen molar-refractivity contribution < 1.29 is 23.6 Å². The van der Waals surface area contributed by atoms with Gasteiger partial charge >= 0.3 is 13.2 Å². The molecule has 1 heterocycles. The number of carbonyl (C=O) groups excluding carboxylic acids is 2. The molecule has 0 bridgehead atoms. The van der Waals surface area contributed by atoms with Gasteiger partial charge in [0.25, 0.3) is 0 Å². The van der Waals surface area contributed by atoms with Gasteiger partial charge in [0, 0.05) is 12.1 Å². The molecule has 0 atom stereocenters. The number of amides is 2. The highest BCUT2D eigenvalue weighted by molar-refractivity contribution is 6.56. The number of hydrogen-bond donors (Lipinski definition) is 2. The van der Waals surface area contributed by atoms with Crippen LogP contribution in [0.5, 0.6) is 0 Å². The van der Waals surface area contributed by atoms with E-state index in [9.17, 15) is 9.59 Å². The van der Waals surface area contributed by atoms with E-state index in [1.165, 1.54) is 0 Å². The van der Waals surface area contributed by atoms with E-state index < -0.39 is 30.3 Å². The van der Waals surface area contributed by atoms with E-state index in [0.717, 1.165) is 5.56 Å². The summed E-state index contributed by atoms with van der Waals surface area (Å²) in [5.74, 6) is -0.541. The molecule has 0 radical (unpaired) electrons. The Morgan fingerprint density at radius 2 is 1.59 bits per heavy atom. The molecule has 1 fully saturated rings. The van der Waals surface area contributed by atoms with Crippen molar-refractivity contribution in [3.63, 3.8) is 0 Å². The summed E-state index contributed by atoms with van der Waals surface area (Å²) in [5, 5.41) is 2.75. The normalized spacial score (nSPS) is 17.1. The van der Waals surface area contributed by atoms with E-state index in [4.69, 9.17) is 19.8 Å². The number of primary amides is 1. The summed E-state index contributed by atoms with van der Waals surface area (Å²) >= 11 is 0. The van der Waals surface area contributed by atoms with Crippen LogP contribution >= 0.6 is 0 Å². The van der Waals surface area contributed by atoms with Crippen LogP contribution in [0, 0.1) is 0 Å². The van der Waals surface area contributed by atoms with Crippen LogP contribution in [0.1, 0.15) is 49.2 Å². The highest BCUT2D eigenvalue weighted by Gasteiger charge is 2.52. The quantitative estimate of drug-likeness (QED) is 0.645. The third-order valence-electron chi connectivity index (χ3n) is 5.77. The van der Waals surface area contributed by atoms with Crippen LogP contribution in [0.4, 0.5) is 4.79 Å². The molecule has 1 aliphatic heterocycles. The lowest BCUT2D eigenvalue weighted by Crippen LogP contribution is -2.41. The van der Waals surface area contributed by atoms with Crippen molar-refractivity contribution in [2.45, 2.75) is 45.5 Å². The van der Waals surface area contributed by atoms with Crippen molar-refractivity contribution in [2.24, 2.45) is 5.73 Å². The van der Waals surface area contributed by atoms with Crippen molar-refractivity contribution >= 4 is 25.2 Å². The Bertz CT molecular complexity index is 988. The molecular weight excluding hydrogens is 407 g/mol. The van der Waals surface area contributed by atoms with E-state index in [2.05, 4.69) is 5.32 Å². The van der Waals surface area contributed by atoms with Crippen molar-refractivity contribution in [1.82, 2.24) is 5.32 Å². The summed E-state index contributed by atoms with van der Waals surface area (Å²) in [4.78, 5) is 24.2. The van der Waals surface area contributed by atoms with Gasteiger partial charge in [0.15, 0.2) is 0 Å². The molecule has 3 N–H and O–H groups in total. The fourth-order valence-corrected chi connectivity index (χ4v) is 3.19. The largest absolute Gasteiger partial charge is 0.492 e. The molecule has 32 heavy (non-hydrogen) atoms. The molecule has 2 aromatic rings. The zero-order valence-electron chi connectivity index (χ0n) is 18.9. The lowest BCUT2D eigenvalue weighted by atomic mass is 9.76. The fourth-order valence-electron chi connectivity index (χ4n) is 3.19. The topological polar surface area (TPSA) is 99.9 Å². The van der Waals surface area contributed by atoms with Gasteiger partial charge < -0.3 is 25.1 Å². The average molecular weight is 436 g/mol. The number of alkyl carbamates (subject to hydrolysis) is 1. The second-order valence-corrected chi connectivity index (χ2v) is 8.67. The van der Waals surface area contributed by atoms with Crippen LogP contribution in [0.3, 0.4) is 0 Å². The Balaban J connectivity index is 1.79. The summed E-state index contributed by atoms with van der Waals surface area (Å²) in [5.41, 5.74) is 6.91. The Hall–Kier alpha value is -3.10. The molecule has 7 nitrogen and oxygen atoms in total. The minimum atomic E-state index is -0.713. The summed E-state index contributed by atoms with van der Waals surface area (Å²) in [6.07, 6.45) is 1.19. The number of carbonyl (C=O) groups is 2. The van der Waals surface area contributed by atoms with E-state index in [-0.39, 0.29) is 13.2 Å². The predicted molar refractivity (Wildman–Crippen MR) is 124 cm³/mol. The predicted octanol–water partition coefficient (Wildman–Crippen LogP) is 3.73. The van der Waals surface area contributed by atoms with E-state index in [1.807, 2.05) is 64.1 Å². The third-order valence-corrected chi connectivity index (χ3v) is 5.77. The second kappa shape index (κ2) is 9.59. The highest BCUT2D eigenvalue weighted by atomic mass is 16.7. The molecule has 0 unspecified atom stereocenters. The summed E-state index contributed by atoms with van der Waals surface area (Å²) in [7, 11) is -0.713. The first-order valence-corrected chi connectivity index (χ1v) is 10.5. The van der Waals surface area contributed by atoms with Gasteiger partial charge in [0.2, 0.25) is 5.91 Å². The Kier molecular flexibility index (Phi) is 7.06. The van der Waals surface area contributed by atoms with Gasteiger partial charge in [0.05, 0.1) is 11.2 Å². The van der Waals surface area contributed by atoms with Gasteiger partial charge in [0.1, 0.15) is 6.61 Å². The molecule has 0 aliphatic carbocycles. The molecule has 168 valence electrons. The average Bonchev–Trinajstić information content (AvgIpc) is 2.97. The van der Waals surface area contributed by atoms with Crippen molar-refractivity contribution in [3.05, 3.63) is 76.8 Å². The van der Waals surface area contributed by atoms with Crippen LogP contribution in [-0.2, 0) is 20.7 Å². The van der Waals surface area contributed by atoms with E-state index in [1.54, 1.807) is 24.3 Å². The van der Waals surface area contributed by atoms with Gasteiger partial charge in [-0.3, -0.25) is 4.79 Å². The molecule has 8 heteroatoms. The van der Waals surface area contributed by atoms with Crippen LogP contribution in [0.2, 0.25) is 0 Å². The van der Waals surface area contributed by atoms with Gasteiger partial charge in [-0.2, -0.15) is 0 Å². The first-order chi connectivity index (χ1) is 15.1. The smallest absolute Gasteiger partial charge is 0.445 e. The van der Waals surface area contributed by atoms with Crippen LogP contribution < -0.4 is 11.1 Å². The SMILES string of the molecule is CC1(C)OB(C(=Cc2ccccc2C(N)=O)CNC(=O)OCc2ccccc2)OC1(C)C. The second-order valence-electron chi connectivity index (χ2n) is 8.67. The molecule has 0 saturated carbocycles. The lowest BCUT2D eigenvalue weighted by molar-refractivity contribution is 0.00578. The maximum atomic E-state index is 12.3. The summed E-state index contributed by atoms with van der Waals surface area (Å²) in [6, 6.07) is 16.4. The number of hydrogen-bond acceptors (Lipinski definition) is 5. The minimum Gasteiger partial charge on any atom is -0.445 e. The van der Waals surface area contributed by atoms with Gasteiger partial charge in [-0.1, -0.05) is 54.6 Å². The van der Waals surface area contributed by atoms with Crippen LogP contribution in [-0.4, -0.2) is 36.9 Å². The van der Waals surface area contributed by atoms with E-state index in [0.29, 0.717) is 16.6 Å². The Morgan fingerprint density at radius 1 is 1.00 bits per heavy atom. The van der Waals surface area contributed by atoms with E-state index >= 15 is 0 Å². The number of ether oxygens (including phenoxy) is 1. The van der Waals surface area contributed by atoms with Crippen LogP contribution in [0.15, 0.2) is 60.1 Å². The Morgan fingerprint density at radius 3 is 2.22 bits per heavy atom. The molecule has 0 aromatic heterocycles. The minimum absolute atomic E-state index is 0.109. The number of benzene rings is 2. The number of nitrogens with two attached hydrogens (primary N) is 1. The number of nitrogens with one attached hydrogen (secondary N) is 1. The molecule has 2 amide bonds. The monoisotopic (exact) mass is 436 g/mol. The van der Waals surface area contributed by atoms with Crippen molar-refractivity contribution in [3.8, 4) is 0 Å². The molecule has 1 aliphatic rings. The first kappa shape index (κ1) is 23.6. The number of rotatable bonds is 7. The third kappa shape index (κ3) is 5.58. The fraction of sp³-hybridized carbons (Fsp3) is 0.333. The zero-order valence-corrected chi connectivity index (χ0v) is 18.9. The van der Waals surface area contributed by atoms with Crippen LogP contribution in [0.25, 0.3) is 6.08 Å². The van der Waals surface area contributed by atoms with Gasteiger partial charge in [-0.15, -0.1) is 0 Å². The highest BCUT2D eigenvalue weighted by Crippen LogP contribution is 2.38. The Labute approximate surface area is 189 Å². The molecule has 0 spiro atoms. The standard InChI is InChI=1S/C24H29BN2O5/c1-23(2)24(3,4)32-25(31-23)19(14-18-12-8-9-13-20(18)21(26)28)15-27-22(29)30-16-17-10-6-5-7-11-17/h5-14H,15-16H2,1-4H3,(H2,26,28)(H,27,29). The molecule has 2 aromatic carbocycles. The first-order valence-electron chi connectivity index (χ1n) is 10.5. The van der Waals surface area contributed by atoms with Gasteiger partial charge in [-0.05, 0) is 50.4 Å². The molecule has 3 rings (SSSR count). The van der Waals surface area contributed by atoms with Crippen molar-refractivity contribution in [2.75, 3.05) is 6.54 Å². The maximum Gasteiger partial charge on any atom is 0.492 e. The molecular formula is C24H29BN2O5. The summed E-state index contributed by atoms with van der Waals surface area (Å²) in [6.45, 7) is 8.06. The molecule has 1 saturated heterocycles. The lowest BCUT2D eigenvalue weighted by Gasteiger charge is -2.32. The van der Waals surface area contributed by atoms with Crippen molar-refractivity contribution in [1.29, 1.82) is 0 Å². The zero-order chi connectivity index (χ0) is 23.4. The maximum absolute atomic E-state index is 12.3. The summed E-state index contributed by atoms with van der Waals surface area (Å²) < 4.78 is 17.6. The van der Waals surface area contributed by atoms with Gasteiger partial charge in [-0.25, -0.2) is 4.79 Å².